The van der Waals surface area contributed by atoms with Crippen molar-refractivity contribution in [2.75, 3.05) is 6.54 Å². The fourth-order valence-electron chi connectivity index (χ4n) is 1.67. The molecule has 18 heavy (non-hydrogen) atoms. The van der Waals surface area contributed by atoms with Crippen LogP contribution >= 0.6 is 23.6 Å². The van der Waals surface area contributed by atoms with Gasteiger partial charge in [0.25, 0.3) is 5.56 Å². The van der Waals surface area contributed by atoms with Crippen LogP contribution in [-0.4, -0.2) is 22.0 Å². The second kappa shape index (κ2) is 5.45. The number of carbonyl (C=O) groups excluding carboxylic acids is 1. The van der Waals surface area contributed by atoms with Crippen LogP contribution in [0.25, 0.3) is 10.2 Å². The molecule has 2 rings (SSSR count). The van der Waals surface area contributed by atoms with E-state index in [0.717, 1.165) is 5.52 Å². The van der Waals surface area contributed by atoms with Gasteiger partial charge in [-0.1, -0.05) is 0 Å². The first kappa shape index (κ1) is 13.0. The molecule has 0 saturated carbocycles. The number of hydrogen-bond acceptors (Lipinski definition) is 4. The molecule has 0 spiro atoms. The quantitative estimate of drug-likeness (QED) is 0.838. The van der Waals surface area contributed by atoms with Crippen molar-refractivity contribution in [2.45, 2.75) is 19.9 Å². The molecular formula is C11H13N3O2S2. The summed E-state index contributed by atoms with van der Waals surface area (Å²) in [6, 6.07) is 1.82. The van der Waals surface area contributed by atoms with Gasteiger partial charge in [-0.2, -0.15) is 0 Å². The third-order valence-electron chi connectivity index (χ3n) is 2.53. The molecule has 5 nitrogen and oxygen atoms in total. The van der Waals surface area contributed by atoms with E-state index in [1.807, 2.05) is 18.4 Å². The van der Waals surface area contributed by atoms with Crippen LogP contribution in [0.2, 0.25) is 0 Å². The van der Waals surface area contributed by atoms with Gasteiger partial charge in [-0.3, -0.25) is 14.2 Å². The topological polar surface area (TPSA) is 66.9 Å². The molecule has 0 saturated heterocycles. The third-order valence-corrected chi connectivity index (χ3v) is 3.75. The first-order valence-electron chi connectivity index (χ1n) is 5.60. The minimum atomic E-state index is -0.131. The van der Waals surface area contributed by atoms with E-state index in [1.54, 1.807) is 0 Å². The van der Waals surface area contributed by atoms with E-state index in [-0.39, 0.29) is 17.9 Å². The Kier molecular flexibility index (Phi) is 3.93. The highest BCUT2D eigenvalue weighted by molar-refractivity contribution is 7.71. The molecule has 0 aliphatic carbocycles. The van der Waals surface area contributed by atoms with Gasteiger partial charge in [-0.05, 0) is 30.6 Å². The molecule has 0 fully saturated rings. The van der Waals surface area contributed by atoms with Crippen molar-refractivity contribution < 1.29 is 4.79 Å². The van der Waals surface area contributed by atoms with Gasteiger partial charge in [0.2, 0.25) is 5.91 Å². The maximum absolute atomic E-state index is 12.1. The van der Waals surface area contributed by atoms with Gasteiger partial charge in [0.1, 0.15) is 4.70 Å². The molecular weight excluding hydrogens is 270 g/mol. The number of nitrogens with one attached hydrogen (secondary N) is 2. The lowest BCUT2D eigenvalue weighted by molar-refractivity contribution is -0.121. The summed E-state index contributed by atoms with van der Waals surface area (Å²) in [5, 5.41) is 4.53. The van der Waals surface area contributed by atoms with Gasteiger partial charge < -0.3 is 10.3 Å². The normalized spacial score (nSPS) is 10.7. The van der Waals surface area contributed by atoms with Gasteiger partial charge in [0.05, 0.1) is 5.52 Å². The molecule has 96 valence electrons. The number of hydrogen-bond donors (Lipinski definition) is 2. The molecule has 1 amide bonds. The van der Waals surface area contributed by atoms with E-state index in [4.69, 9.17) is 12.2 Å². The molecule has 0 aliphatic heterocycles. The van der Waals surface area contributed by atoms with Gasteiger partial charge >= 0.3 is 0 Å². The van der Waals surface area contributed by atoms with E-state index in [9.17, 15) is 9.59 Å². The molecule has 2 aromatic rings. The lowest BCUT2D eigenvalue weighted by Gasteiger charge is -2.06. The Bertz CT molecular complexity index is 683. The molecule has 2 N–H and O–H groups in total. The van der Waals surface area contributed by atoms with Crippen molar-refractivity contribution in [3.05, 3.63) is 26.6 Å². The third kappa shape index (κ3) is 2.51. The number of aromatic nitrogens is 2. The summed E-state index contributed by atoms with van der Waals surface area (Å²) in [5.74, 6) is -0.0786. The Hall–Kier alpha value is -1.47. The first-order valence-corrected chi connectivity index (χ1v) is 6.89. The van der Waals surface area contributed by atoms with Gasteiger partial charge in [0.15, 0.2) is 4.77 Å². The molecule has 2 aromatic heterocycles. The van der Waals surface area contributed by atoms with Crippen LogP contribution in [0.5, 0.6) is 0 Å². The average molecular weight is 283 g/mol. The van der Waals surface area contributed by atoms with Crippen molar-refractivity contribution in [1.82, 2.24) is 14.9 Å². The molecule has 0 aromatic carbocycles. The van der Waals surface area contributed by atoms with Crippen LogP contribution < -0.4 is 10.9 Å². The molecule has 0 radical (unpaired) electrons. The fourth-order valence-corrected chi connectivity index (χ4v) is 2.75. The minimum Gasteiger partial charge on any atom is -0.356 e. The summed E-state index contributed by atoms with van der Waals surface area (Å²) in [6.07, 6.45) is 0.252. The van der Waals surface area contributed by atoms with Gasteiger partial charge in [-0.25, -0.2) is 0 Å². The number of amides is 1. The summed E-state index contributed by atoms with van der Waals surface area (Å²) in [4.78, 5) is 26.5. The van der Waals surface area contributed by atoms with Gasteiger partial charge in [0, 0.05) is 19.5 Å². The average Bonchev–Trinajstić information content (AvgIpc) is 2.77. The van der Waals surface area contributed by atoms with Crippen molar-refractivity contribution in [2.24, 2.45) is 0 Å². The molecule has 2 heterocycles. The Labute approximate surface area is 112 Å². The van der Waals surface area contributed by atoms with Crippen LogP contribution in [0, 0.1) is 4.77 Å². The first-order chi connectivity index (χ1) is 8.63. The summed E-state index contributed by atoms with van der Waals surface area (Å²) in [6.45, 7) is 2.74. The highest BCUT2D eigenvalue weighted by Crippen LogP contribution is 2.13. The number of rotatable bonds is 4. The lowest BCUT2D eigenvalue weighted by Crippen LogP contribution is -2.27. The molecule has 0 unspecified atom stereocenters. The standard InChI is InChI=1S/C11H13N3O2S2/c1-2-12-8(15)3-5-14-10(16)9-7(4-6-18-9)13-11(14)17/h4,6H,2-3,5H2,1H3,(H,12,15)(H,13,17). The Morgan fingerprint density at radius 2 is 2.39 bits per heavy atom. The predicted molar refractivity (Wildman–Crippen MR) is 74.6 cm³/mol. The number of aromatic amines is 1. The van der Waals surface area contributed by atoms with Crippen molar-refractivity contribution >= 4 is 39.7 Å². The van der Waals surface area contributed by atoms with Crippen molar-refractivity contribution in [3.8, 4) is 0 Å². The van der Waals surface area contributed by atoms with Crippen LogP contribution in [0.1, 0.15) is 13.3 Å². The monoisotopic (exact) mass is 283 g/mol. The smallest absolute Gasteiger partial charge is 0.272 e. The van der Waals surface area contributed by atoms with Crippen molar-refractivity contribution in [3.63, 3.8) is 0 Å². The zero-order chi connectivity index (χ0) is 13.1. The maximum Gasteiger partial charge on any atom is 0.272 e. The molecule has 0 bridgehead atoms. The molecule has 0 aliphatic rings. The van der Waals surface area contributed by atoms with Crippen LogP contribution in [0.4, 0.5) is 0 Å². The second-order valence-corrected chi connectivity index (χ2v) is 5.06. The van der Waals surface area contributed by atoms with E-state index in [2.05, 4.69) is 10.3 Å². The SMILES string of the molecule is CCNC(=O)CCn1c(=S)[nH]c2ccsc2c1=O. The second-order valence-electron chi connectivity index (χ2n) is 3.75. The number of nitrogens with zero attached hydrogens (tertiary/aromatic N) is 1. The highest BCUT2D eigenvalue weighted by Gasteiger charge is 2.08. The molecule has 7 heteroatoms. The largest absolute Gasteiger partial charge is 0.356 e. The van der Waals surface area contributed by atoms with Crippen LogP contribution in [0.3, 0.4) is 0 Å². The maximum atomic E-state index is 12.1. The summed E-state index contributed by atoms with van der Waals surface area (Å²) < 4.78 is 2.43. The summed E-state index contributed by atoms with van der Waals surface area (Å²) >= 11 is 6.50. The van der Waals surface area contributed by atoms with E-state index < -0.39 is 0 Å². The number of fused-ring (bicyclic) bond motifs is 1. The van der Waals surface area contributed by atoms with E-state index in [0.29, 0.717) is 22.6 Å². The summed E-state index contributed by atoms with van der Waals surface area (Å²) in [7, 11) is 0. The lowest BCUT2D eigenvalue weighted by atomic mass is 10.4. The summed E-state index contributed by atoms with van der Waals surface area (Å²) in [5.41, 5.74) is 0.623. The van der Waals surface area contributed by atoms with E-state index in [1.165, 1.54) is 15.9 Å². The Morgan fingerprint density at radius 3 is 3.11 bits per heavy atom. The Morgan fingerprint density at radius 1 is 1.61 bits per heavy atom. The van der Waals surface area contributed by atoms with Crippen molar-refractivity contribution in [1.29, 1.82) is 0 Å². The number of thiophene rings is 1. The zero-order valence-corrected chi connectivity index (χ0v) is 11.5. The van der Waals surface area contributed by atoms with Gasteiger partial charge in [-0.15, -0.1) is 11.3 Å². The van der Waals surface area contributed by atoms with Crippen LogP contribution in [-0.2, 0) is 11.3 Å². The predicted octanol–water partition coefficient (Wildman–Crippen LogP) is 1.65. The number of H-pyrrole nitrogens is 1. The molecule has 0 atom stereocenters. The Balaban J connectivity index is 2.30. The minimum absolute atomic E-state index is 0.0786. The highest BCUT2D eigenvalue weighted by atomic mass is 32.1. The zero-order valence-electron chi connectivity index (χ0n) is 9.86. The number of carbonyl (C=O) groups is 1. The fraction of sp³-hybridized carbons (Fsp3) is 0.364. The van der Waals surface area contributed by atoms with Crippen LogP contribution in [0.15, 0.2) is 16.2 Å². The van der Waals surface area contributed by atoms with E-state index >= 15 is 0 Å².